The second-order valence-corrected chi connectivity index (χ2v) is 0.693. The van der Waals surface area contributed by atoms with Crippen LogP contribution in [0.15, 0.2) is 0 Å². The highest BCUT2D eigenvalue weighted by Crippen LogP contribution is 1.40. The fraction of sp³-hybridized carbons (Fsp3) is 0. The molecule has 0 heterocycles. The van der Waals surface area contributed by atoms with Gasteiger partial charge < -0.3 is 46.6 Å². The van der Waals surface area contributed by atoms with Gasteiger partial charge in [-0.3, -0.25) is 4.70 Å². The van der Waals surface area contributed by atoms with Gasteiger partial charge in [0.25, 0.3) is 0 Å². The third-order valence-corrected chi connectivity index (χ3v) is 0. The molecular weight excluding hydrogens is 185 g/mol. The number of hydrogen-bond acceptors (Lipinski definition) is 6. The van der Waals surface area contributed by atoms with Gasteiger partial charge in [-0.15, -0.1) is 0 Å². The van der Waals surface area contributed by atoms with E-state index >= 15 is 0 Å². The van der Waals surface area contributed by atoms with E-state index in [1.54, 1.807) is 0 Å². The first kappa shape index (κ1) is 41.2. The van der Waals surface area contributed by atoms with E-state index < -0.39 is 14.6 Å². The van der Waals surface area contributed by atoms with Gasteiger partial charge in [-0.1, -0.05) is 0 Å². The molecule has 12 N–H and O–H groups in total. The molecule has 0 unspecified atom stereocenters. The van der Waals surface area contributed by atoms with Crippen molar-refractivity contribution in [2.45, 2.75) is 0 Å². The van der Waals surface area contributed by atoms with Crippen LogP contribution in [-0.2, 0) is 0 Å². The summed E-state index contributed by atoms with van der Waals surface area (Å²) in [5, 5.41) is 43.0. The van der Waals surface area contributed by atoms with Gasteiger partial charge in [0.2, 0.25) is 0 Å². The SMILES string of the molecule is F.O.O.O.OB(O)O.OB(O)O. The molecule has 0 radical (unpaired) electrons. The quantitative estimate of drug-likeness (QED) is 0.207. The predicted octanol–water partition coefficient (Wildman–Crippen LogP) is -6.43. The first-order valence-corrected chi connectivity index (χ1v) is 1.55. The Hall–Kier alpha value is -0.300. The fourth-order valence-electron chi connectivity index (χ4n) is 0. The van der Waals surface area contributed by atoms with E-state index in [1.807, 2.05) is 0 Å². The molecule has 0 aromatic carbocycles. The Bertz CT molecular complexity index is 28.0. The molecule has 0 aliphatic heterocycles. The molecule has 0 saturated heterocycles. The largest absolute Gasteiger partial charge is 0.631 e. The Morgan fingerprint density at radius 1 is 0.500 bits per heavy atom. The zero-order valence-corrected chi connectivity index (χ0v) is 5.75. The van der Waals surface area contributed by atoms with Crippen LogP contribution in [0.5, 0.6) is 0 Å². The highest BCUT2D eigenvalue weighted by Gasteiger charge is 1.93. The van der Waals surface area contributed by atoms with Gasteiger partial charge in [0, 0.05) is 0 Å². The normalized spacial score (nSPS) is 4.50. The first-order valence-electron chi connectivity index (χ1n) is 1.55. The van der Waals surface area contributed by atoms with Crippen LogP contribution in [0.4, 0.5) is 4.70 Å². The van der Waals surface area contributed by atoms with E-state index in [4.69, 9.17) is 30.1 Å². The maximum atomic E-state index is 7.17. The fourth-order valence-corrected chi connectivity index (χ4v) is 0. The van der Waals surface area contributed by atoms with Crippen LogP contribution in [-0.4, -0.2) is 61.2 Å². The molecule has 0 atom stereocenters. The zero-order valence-electron chi connectivity index (χ0n) is 5.75. The maximum absolute atomic E-state index is 7.17. The van der Waals surface area contributed by atoms with E-state index in [-0.39, 0.29) is 21.1 Å². The molecule has 12 heteroatoms. The van der Waals surface area contributed by atoms with Crippen molar-refractivity contribution < 1.29 is 51.3 Å². The Morgan fingerprint density at radius 3 is 0.500 bits per heavy atom. The minimum Gasteiger partial charge on any atom is -0.412 e. The molecule has 0 fully saturated rings. The second-order valence-electron chi connectivity index (χ2n) is 0.693. The van der Waals surface area contributed by atoms with E-state index in [0.717, 1.165) is 0 Å². The summed E-state index contributed by atoms with van der Waals surface area (Å²) in [5.74, 6) is 0. The van der Waals surface area contributed by atoms with Crippen molar-refractivity contribution in [3.8, 4) is 0 Å². The molecule has 0 aromatic heterocycles. The van der Waals surface area contributed by atoms with Crippen molar-refractivity contribution in [1.82, 2.24) is 0 Å². The van der Waals surface area contributed by atoms with Gasteiger partial charge in [-0.05, 0) is 0 Å². The van der Waals surface area contributed by atoms with Gasteiger partial charge in [0.15, 0.2) is 0 Å². The Morgan fingerprint density at radius 2 is 0.500 bits per heavy atom. The minimum absolute atomic E-state index is 0. The number of hydrogen-bond donors (Lipinski definition) is 6. The smallest absolute Gasteiger partial charge is 0.412 e. The van der Waals surface area contributed by atoms with Crippen LogP contribution in [0.2, 0.25) is 0 Å². The molecule has 0 aliphatic rings. The van der Waals surface area contributed by atoms with Crippen LogP contribution in [0.1, 0.15) is 0 Å². The molecular formula is H13B2FO9. The Kier molecular flexibility index (Phi) is 106. The summed E-state index contributed by atoms with van der Waals surface area (Å²) in [7, 11) is -4.33. The van der Waals surface area contributed by atoms with Gasteiger partial charge in [-0.2, -0.15) is 0 Å². The van der Waals surface area contributed by atoms with Crippen molar-refractivity contribution in [3.63, 3.8) is 0 Å². The van der Waals surface area contributed by atoms with Gasteiger partial charge in [0.1, 0.15) is 0 Å². The first-order chi connectivity index (χ1) is 3.46. The standard InChI is InChI=1S/2BH3O3.FH.3H2O/c2*2-1(3)4;;;;/h2*2-4H;1H;3*1H2. The predicted molar refractivity (Wildman–Crippen MR) is 38.2 cm³/mol. The molecule has 0 saturated carbocycles. The Balaban J connectivity index is -0.0000000112. The molecule has 0 spiro atoms. The second kappa shape index (κ2) is 31.0. The minimum atomic E-state index is -2.17. The summed E-state index contributed by atoms with van der Waals surface area (Å²) < 4.78 is 0. The van der Waals surface area contributed by atoms with Gasteiger partial charge in [0.05, 0.1) is 0 Å². The van der Waals surface area contributed by atoms with E-state index in [0.29, 0.717) is 0 Å². The third kappa shape index (κ3) is 8150. The lowest BCUT2D eigenvalue weighted by molar-refractivity contribution is 0.276. The summed E-state index contributed by atoms with van der Waals surface area (Å²) in [6.07, 6.45) is 0. The third-order valence-electron chi connectivity index (χ3n) is 0. The number of halogens is 1. The monoisotopic (exact) mass is 198 g/mol. The molecule has 9 nitrogen and oxygen atoms in total. The maximum Gasteiger partial charge on any atom is 0.631 e. The van der Waals surface area contributed by atoms with Crippen LogP contribution >= 0.6 is 0 Å². The highest BCUT2D eigenvalue weighted by atomic mass is 19.0. The molecule has 0 amide bonds. The lowest BCUT2D eigenvalue weighted by Gasteiger charge is -1.69. The lowest BCUT2D eigenvalue weighted by Crippen LogP contribution is -2.07. The zero-order chi connectivity index (χ0) is 7.15. The van der Waals surface area contributed by atoms with Crippen molar-refractivity contribution in [1.29, 1.82) is 0 Å². The van der Waals surface area contributed by atoms with Crippen molar-refractivity contribution in [2.75, 3.05) is 0 Å². The summed E-state index contributed by atoms with van der Waals surface area (Å²) in [6, 6.07) is 0. The summed E-state index contributed by atoms with van der Waals surface area (Å²) >= 11 is 0. The molecule has 0 aliphatic carbocycles. The van der Waals surface area contributed by atoms with Crippen LogP contribution in [0.3, 0.4) is 0 Å². The summed E-state index contributed by atoms with van der Waals surface area (Å²) in [5.41, 5.74) is 0. The number of rotatable bonds is 0. The van der Waals surface area contributed by atoms with E-state index in [1.165, 1.54) is 0 Å². The van der Waals surface area contributed by atoms with Crippen LogP contribution < -0.4 is 0 Å². The van der Waals surface area contributed by atoms with E-state index in [2.05, 4.69) is 0 Å². The molecule has 0 rings (SSSR count). The average molecular weight is 198 g/mol. The Labute approximate surface area is 67.2 Å². The van der Waals surface area contributed by atoms with Crippen LogP contribution in [0, 0.1) is 0 Å². The lowest BCUT2D eigenvalue weighted by atomic mass is 10.3. The topological polar surface area (TPSA) is 216 Å². The molecule has 80 valence electrons. The van der Waals surface area contributed by atoms with Gasteiger partial charge >= 0.3 is 14.6 Å². The van der Waals surface area contributed by atoms with E-state index in [9.17, 15) is 0 Å². The van der Waals surface area contributed by atoms with Crippen molar-refractivity contribution >= 4 is 14.6 Å². The molecule has 0 aromatic rings. The van der Waals surface area contributed by atoms with Crippen molar-refractivity contribution in [3.05, 3.63) is 0 Å². The van der Waals surface area contributed by atoms with Gasteiger partial charge in [-0.25, -0.2) is 0 Å². The van der Waals surface area contributed by atoms with Crippen LogP contribution in [0.25, 0.3) is 0 Å². The van der Waals surface area contributed by atoms with Crippen molar-refractivity contribution in [2.24, 2.45) is 0 Å². The summed E-state index contributed by atoms with van der Waals surface area (Å²) in [6.45, 7) is 0. The molecule has 0 bridgehead atoms. The highest BCUT2D eigenvalue weighted by molar-refractivity contribution is 6.30. The average Bonchev–Trinajstić information content (AvgIpc) is 1.25. The summed E-state index contributed by atoms with van der Waals surface area (Å²) in [4.78, 5) is 0. The molecule has 12 heavy (non-hydrogen) atoms.